The van der Waals surface area contributed by atoms with Gasteiger partial charge in [-0.05, 0) is 96.3 Å². The maximum absolute atomic E-state index is 12.9. The number of carbonyl (C=O) groups is 1. The number of unbranched alkanes of at least 4 members (excludes halogenated alkanes) is 13. The van der Waals surface area contributed by atoms with Crippen molar-refractivity contribution in [3.8, 4) is 0 Å². The SMILES string of the molecule is CC/C=C\C/C=C\C/C=C\C/C=C\C/C=C\C/C=C\CCCCCCCCC(=O)NC(COP(=O)(O)OCC[N+](C)(C)C)C(O)/C=C/CC/C=C/CC/C=C/CCCCCCC. The fraction of sp³-hybridized carbons (Fsp3) is 0.642. The topological polar surface area (TPSA) is 105 Å². The average Bonchev–Trinajstić information content (AvgIpc) is 3.23. The van der Waals surface area contributed by atoms with Crippen LogP contribution in [0.2, 0.25) is 0 Å². The van der Waals surface area contributed by atoms with Crippen molar-refractivity contribution >= 4 is 13.7 Å². The summed E-state index contributed by atoms with van der Waals surface area (Å²) >= 11 is 0. The van der Waals surface area contributed by atoms with Crippen LogP contribution in [0.1, 0.15) is 168 Å². The molecule has 0 spiro atoms. The number of rotatable bonds is 42. The summed E-state index contributed by atoms with van der Waals surface area (Å²) in [5.41, 5.74) is 0. The molecule has 9 heteroatoms. The van der Waals surface area contributed by atoms with E-state index >= 15 is 0 Å². The molecule has 62 heavy (non-hydrogen) atoms. The van der Waals surface area contributed by atoms with Crippen molar-refractivity contribution in [3.05, 3.63) is 109 Å². The van der Waals surface area contributed by atoms with Crippen LogP contribution < -0.4 is 5.32 Å². The van der Waals surface area contributed by atoms with E-state index in [9.17, 15) is 19.4 Å². The lowest BCUT2D eigenvalue weighted by molar-refractivity contribution is -0.870. The molecule has 0 aromatic carbocycles. The molecule has 3 unspecified atom stereocenters. The van der Waals surface area contributed by atoms with E-state index in [0.29, 0.717) is 17.4 Å². The van der Waals surface area contributed by atoms with Gasteiger partial charge in [0.2, 0.25) is 5.91 Å². The Hall–Kier alpha value is -2.84. The van der Waals surface area contributed by atoms with Crippen LogP contribution in [0.15, 0.2) is 109 Å². The van der Waals surface area contributed by atoms with E-state index in [1.165, 1.54) is 44.9 Å². The molecule has 0 saturated heterocycles. The fourth-order valence-corrected chi connectivity index (χ4v) is 6.87. The van der Waals surface area contributed by atoms with Crippen molar-refractivity contribution in [1.29, 1.82) is 0 Å². The number of aliphatic hydroxyl groups excluding tert-OH is 1. The molecular formula is C53H92N2O6P+. The molecule has 3 atom stereocenters. The van der Waals surface area contributed by atoms with Crippen molar-refractivity contribution in [3.63, 3.8) is 0 Å². The van der Waals surface area contributed by atoms with E-state index in [2.05, 4.69) is 116 Å². The first kappa shape index (κ1) is 59.2. The summed E-state index contributed by atoms with van der Waals surface area (Å²) in [4.78, 5) is 23.2. The highest BCUT2D eigenvalue weighted by molar-refractivity contribution is 7.47. The molecule has 1 amide bonds. The number of amides is 1. The second kappa shape index (κ2) is 43.4. The summed E-state index contributed by atoms with van der Waals surface area (Å²) < 4.78 is 23.6. The van der Waals surface area contributed by atoms with Gasteiger partial charge in [-0.25, -0.2) is 4.57 Å². The number of likely N-dealkylation sites (N-methyl/N-ethyl adjacent to an activating group) is 1. The smallest absolute Gasteiger partial charge is 0.387 e. The highest BCUT2D eigenvalue weighted by Gasteiger charge is 2.27. The quantitative estimate of drug-likeness (QED) is 0.0244. The van der Waals surface area contributed by atoms with Gasteiger partial charge in [0.15, 0.2) is 0 Å². The monoisotopic (exact) mass is 884 g/mol. The third kappa shape index (κ3) is 45.2. The second-order valence-corrected chi connectivity index (χ2v) is 18.5. The first-order valence-electron chi connectivity index (χ1n) is 24.3. The van der Waals surface area contributed by atoms with E-state index in [-0.39, 0.29) is 19.1 Å². The predicted molar refractivity (Wildman–Crippen MR) is 267 cm³/mol. The minimum Gasteiger partial charge on any atom is -0.387 e. The summed E-state index contributed by atoms with van der Waals surface area (Å²) in [6.45, 7) is 4.61. The molecule has 354 valence electrons. The third-order valence-corrected chi connectivity index (χ3v) is 10.9. The van der Waals surface area contributed by atoms with E-state index in [1.807, 2.05) is 27.2 Å². The summed E-state index contributed by atoms with van der Waals surface area (Å²) in [7, 11) is 1.51. The molecular weight excluding hydrogens is 792 g/mol. The number of allylic oxidation sites excluding steroid dienone is 17. The molecule has 0 heterocycles. The number of phosphoric acid groups is 1. The van der Waals surface area contributed by atoms with Crippen LogP contribution in [-0.2, 0) is 18.4 Å². The van der Waals surface area contributed by atoms with Gasteiger partial charge < -0.3 is 19.8 Å². The maximum atomic E-state index is 12.9. The van der Waals surface area contributed by atoms with Crippen LogP contribution in [0, 0.1) is 0 Å². The van der Waals surface area contributed by atoms with Gasteiger partial charge in [0.1, 0.15) is 13.2 Å². The van der Waals surface area contributed by atoms with Crippen molar-refractivity contribution < 1.29 is 32.9 Å². The van der Waals surface area contributed by atoms with Crippen molar-refractivity contribution in [2.24, 2.45) is 0 Å². The number of hydrogen-bond acceptors (Lipinski definition) is 5. The van der Waals surface area contributed by atoms with Crippen molar-refractivity contribution in [1.82, 2.24) is 5.32 Å². The summed E-state index contributed by atoms with van der Waals surface area (Å²) in [6, 6.07) is -0.885. The number of hydrogen-bond donors (Lipinski definition) is 3. The highest BCUT2D eigenvalue weighted by Crippen LogP contribution is 2.43. The Morgan fingerprint density at radius 3 is 1.48 bits per heavy atom. The lowest BCUT2D eigenvalue weighted by Crippen LogP contribution is -2.45. The molecule has 0 aromatic rings. The Labute approximate surface area is 381 Å². The summed E-state index contributed by atoms with van der Waals surface area (Å²) in [5.74, 6) is -0.212. The van der Waals surface area contributed by atoms with E-state index < -0.39 is 20.0 Å². The molecule has 0 aliphatic rings. The maximum Gasteiger partial charge on any atom is 0.472 e. The third-order valence-electron chi connectivity index (χ3n) is 9.95. The van der Waals surface area contributed by atoms with Crippen LogP contribution in [0.3, 0.4) is 0 Å². The van der Waals surface area contributed by atoms with Crippen molar-refractivity contribution in [2.75, 3.05) is 40.9 Å². The first-order chi connectivity index (χ1) is 30.0. The van der Waals surface area contributed by atoms with Crippen LogP contribution >= 0.6 is 7.82 Å². The Morgan fingerprint density at radius 2 is 0.984 bits per heavy atom. The number of nitrogens with zero attached hydrogens (tertiary/aromatic N) is 1. The standard InChI is InChI=1S/C53H91N2O6P/c1-6-8-10-12-14-16-18-20-22-23-24-25-26-27-28-29-30-31-33-35-37-39-41-43-45-47-53(57)54-51(50-61-62(58,59)60-49-48-55(3,4)5)52(56)46-44-42-40-38-36-34-32-21-19-17-15-13-11-9-7-2/h8,10,14,16,19-22,24-25,27-28,30-31,36,38,44,46,51-52,56H,6-7,9,11-13,15,17-18,23,26,29,32-35,37,39-43,45,47-50H2,1-5H3,(H-,54,57,58,59)/p+1/b10-8-,16-14-,21-19+,22-20-,25-24-,28-27-,31-30-,38-36+,46-44+. The van der Waals surface area contributed by atoms with Gasteiger partial charge in [-0.1, -0.05) is 175 Å². The van der Waals surface area contributed by atoms with Crippen LogP contribution in [0.4, 0.5) is 0 Å². The molecule has 0 rings (SSSR count). The average molecular weight is 884 g/mol. The van der Waals surface area contributed by atoms with Crippen molar-refractivity contribution in [2.45, 2.75) is 180 Å². The second-order valence-electron chi connectivity index (χ2n) is 17.1. The molecule has 0 aliphatic heterocycles. The molecule has 3 N–H and O–H groups in total. The Bertz CT molecular complexity index is 1370. The van der Waals surface area contributed by atoms with Crippen LogP contribution in [0.25, 0.3) is 0 Å². The van der Waals surface area contributed by atoms with Gasteiger partial charge >= 0.3 is 7.82 Å². The Balaban J connectivity index is 4.44. The zero-order valence-electron chi connectivity index (χ0n) is 40.1. The lowest BCUT2D eigenvalue weighted by Gasteiger charge is -2.25. The van der Waals surface area contributed by atoms with E-state index in [4.69, 9.17) is 9.05 Å². The minimum absolute atomic E-state index is 0.0438. The first-order valence-corrected chi connectivity index (χ1v) is 25.8. The van der Waals surface area contributed by atoms with Gasteiger partial charge in [0, 0.05) is 6.42 Å². The predicted octanol–water partition coefficient (Wildman–Crippen LogP) is 14.1. The van der Waals surface area contributed by atoms with Crippen LogP contribution in [0.5, 0.6) is 0 Å². The van der Waals surface area contributed by atoms with Gasteiger partial charge in [-0.15, -0.1) is 0 Å². The van der Waals surface area contributed by atoms with Gasteiger partial charge in [0.05, 0.1) is 39.9 Å². The van der Waals surface area contributed by atoms with E-state index in [0.717, 1.165) is 103 Å². The summed E-state index contributed by atoms with van der Waals surface area (Å²) in [5, 5.41) is 13.8. The minimum atomic E-state index is -4.36. The Kier molecular flexibility index (Phi) is 41.4. The molecule has 0 bridgehead atoms. The number of carbonyl (C=O) groups excluding carboxylic acids is 1. The van der Waals surface area contributed by atoms with E-state index in [1.54, 1.807) is 6.08 Å². The normalized spacial score (nSPS) is 15.1. The molecule has 0 radical (unpaired) electrons. The van der Waals surface area contributed by atoms with Gasteiger partial charge in [-0.3, -0.25) is 13.8 Å². The highest BCUT2D eigenvalue weighted by atomic mass is 31.2. The van der Waals surface area contributed by atoms with Crippen LogP contribution in [-0.4, -0.2) is 73.4 Å². The summed E-state index contributed by atoms with van der Waals surface area (Å²) in [6.07, 6.45) is 63.1. The molecule has 0 aliphatic carbocycles. The van der Waals surface area contributed by atoms with Gasteiger partial charge in [0.25, 0.3) is 0 Å². The largest absolute Gasteiger partial charge is 0.472 e. The molecule has 8 nitrogen and oxygen atoms in total. The number of nitrogens with one attached hydrogen (secondary N) is 1. The number of aliphatic hydroxyl groups is 1. The zero-order chi connectivity index (χ0) is 45.7. The number of quaternary nitrogens is 1. The zero-order valence-corrected chi connectivity index (χ0v) is 41.0. The molecule has 0 fully saturated rings. The lowest BCUT2D eigenvalue weighted by atomic mass is 10.1. The number of phosphoric ester groups is 1. The Morgan fingerprint density at radius 1 is 0.565 bits per heavy atom. The fourth-order valence-electron chi connectivity index (χ4n) is 6.13. The molecule has 0 saturated carbocycles. The van der Waals surface area contributed by atoms with Gasteiger partial charge in [-0.2, -0.15) is 0 Å². The molecule has 0 aromatic heterocycles.